The first kappa shape index (κ1) is 15.9. The summed E-state index contributed by atoms with van der Waals surface area (Å²) in [7, 11) is -0.00483. The number of carbonyl (C=O) groups excluding carboxylic acids is 2. The van der Waals surface area contributed by atoms with Crippen molar-refractivity contribution in [3.8, 4) is 0 Å². The van der Waals surface area contributed by atoms with Gasteiger partial charge < -0.3 is 19.9 Å². The van der Waals surface area contributed by atoms with Crippen molar-refractivity contribution in [3.63, 3.8) is 0 Å². The molecule has 2 aromatic rings. The van der Waals surface area contributed by atoms with Crippen LogP contribution in [-0.4, -0.2) is 44.1 Å². The van der Waals surface area contributed by atoms with Crippen molar-refractivity contribution in [2.75, 3.05) is 0 Å². The third-order valence-electron chi connectivity index (χ3n) is 3.24. The highest BCUT2D eigenvalue weighted by atomic mass is 16.4. The second kappa shape index (κ2) is 6.50. The molecule has 1 amide bonds. The van der Waals surface area contributed by atoms with Crippen LogP contribution in [0, 0.1) is 0 Å². The summed E-state index contributed by atoms with van der Waals surface area (Å²) in [6.45, 7) is 1.76. The standard InChI is InChI=1S/C13H15BN4O4/c1-8(12-17-15-7-18(12)2)16-13(20)9-3-4-11(14(21)22)10(5-9)6-19/h3-8,21-22H,1-2H3,(H,16,20). The Kier molecular flexibility index (Phi) is 4.69. The van der Waals surface area contributed by atoms with E-state index in [1.165, 1.54) is 24.5 Å². The van der Waals surface area contributed by atoms with Gasteiger partial charge in [0.05, 0.1) is 6.04 Å². The number of aromatic nitrogens is 3. The Morgan fingerprint density at radius 2 is 2.18 bits per heavy atom. The highest BCUT2D eigenvalue weighted by molar-refractivity contribution is 6.60. The number of benzene rings is 1. The Balaban J connectivity index is 2.19. The maximum absolute atomic E-state index is 12.2. The van der Waals surface area contributed by atoms with Gasteiger partial charge in [0.15, 0.2) is 5.82 Å². The van der Waals surface area contributed by atoms with E-state index in [9.17, 15) is 9.59 Å². The van der Waals surface area contributed by atoms with Crippen LogP contribution < -0.4 is 10.8 Å². The zero-order valence-corrected chi connectivity index (χ0v) is 12.1. The zero-order valence-electron chi connectivity index (χ0n) is 12.1. The normalized spacial score (nSPS) is 11.8. The number of nitrogens with one attached hydrogen (secondary N) is 1. The Morgan fingerprint density at radius 1 is 1.45 bits per heavy atom. The Labute approximate surface area is 126 Å². The van der Waals surface area contributed by atoms with Crippen molar-refractivity contribution < 1.29 is 19.6 Å². The van der Waals surface area contributed by atoms with Gasteiger partial charge in [0.1, 0.15) is 12.6 Å². The van der Waals surface area contributed by atoms with E-state index in [0.29, 0.717) is 12.1 Å². The van der Waals surface area contributed by atoms with Crippen LogP contribution in [0.25, 0.3) is 0 Å². The van der Waals surface area contributed by atoms with Crippen LogP contribution in [-0.2, 0) is 7.05 Å². The predicted octanol–water partition coefficient (Wildman–Crippen LogP) is -1.20. The molecule has 0 saturated carbocycles. The summed E-state index contributed by atoms with van der Waals surface area (Å²) >= 11 is 0. The fourth-order valence-corrected chi connectivity index (χ4v) is 2.08. The van der Waals surface area contributed by atoms with Crippen molar-refractivity contribution in [1.82, 2.24) is 20.1 Å². The van der Waals surface area contributed by atoms with Gasteiger partial charge in [0.25, 0.3) is 5.91 Å². The van der Waals surface area contributed by atoms with Gasteiger partial charge in [-0.1, -0.05) is 6.07 Å². The predicted molar refractivity (Wildman–Crippen MR) is 78.5 cm³/mol. The molecule has 0 aliphatic heterocycles. The molecule has 3 N–H and O–H groups in total. The minimum atomic E-state index is -1.77. The SMILES string of the molecule is CC(NC(=O)c1ccc(B(O)O)c(C=O)c1)c1nncn1C. The summed E-state index contributed by atoms with van der Waals surface area (Å²) < 4.78 is 1.69. The van der Waals surface area contributed by atoms with Gasteiger partial charge in [0, 0.05) is 18.2 Å². The molecule has 0 aliphatic rings. The van der Waals surface area contributed by atoms with Crippen LogP contribution in [0.2, 0.25) is 0 Å². The minimum Gasteiger partial charge on any atom is -0.423 e. The lowest BCUT2D eigenvalue weighted by atomic mass is 9.77. The maximum atomic E-state index is 12.2. The van der Waals surface area contributed by atoms with Crippen molar-refractivity contribution in [2.24, 2.45) is 7.05 Å². The van der Waals surface area contributed by atoms with Gasteiger partial charge in [0.2, 0.25) is 0 Å². The summed E-state index contributed by atoms with van der Waals surface area (Å²) in [5.41, 5.74) is 0.336. The highest BCUT2D eigenvalue weighted by Gasteiger charge is 2.19. The Hall–Kier alpha value is -2.52. The quantitative estimate of drug-likeness (QED) is 0.472. The molecular formula is C13H15BN4O4. The first-order chi connectivity index (χ1) is 10.4. The van der Waals surface area contributed by atoms with Gasteiger partial charge in [-0.3, -0.25) is 9.59 Å². The van der Waals surface area contributed by atoms with E-state index in [2.05, 4.69) is 15.5 Å². The topological polar surface area (TPSA) is 117 Å². The first-order valence-electron chi connectivity index (χ1n) is 6.54. The lowest BCUT2D eigenvalue weighted by Crippen LogP contribution is -2.34. The fourth-order valence-electron chi connectivity index (χ4n) is 2.08. The monoisotopic (exact) mass is 302 g/mol. The van der Waals surface area contributed by atoms with Crippen LogP contribution in [0.5, 0.6) is 0 Å². The van der Waals surface area contributed by atoms with E-state index in [0.717, 1.165) is 0 Å². The molecule has 1 atom stereocenters. The number of aryl methyl sites for hydroxylation is 1. The van der Waals surface area contributed by atoms with E-state index in [4.69, 9.17) is 10.0 Å². The van der Waals surface area contributed by atoms with Crippen LogP contribution in [0.4, 0.5) is 0 Å². The average molecular weight is 302 g/mol. The summed E-state index contributed by atoms with van der Waals surface area (Å²) in [6, 6.07) is 3.68. The summed E-state index contributed by atoms with van der Waals surface area (Å²) in [4.78, 5) is 23.2. The minimum absolute atomic E-state index is 0.0490. The molecule has 114 valence electrons. The number of nitrogens with zero attached hydrogens (tertiary/aromatic N) is 3. The number of hydrogen-bond acceptors (Lipinski definition) is 6. The van der Waals surface area contributed by atoms with E-state index in [-0.39, 0.29) is 22.6 Å². The molecule has 1 heterocycles. The van der Waals surface area contributed by atoms with Gasteiger partial charge in [-0.05, 0) is 24.5 Å². The summed E-state index contributed by atoms with van der Waals surface area (Å²) in [5.74, 6) is 0.184. The first-order valence-corrected chi connectivity index (χ1v) is 6.54. The average Bonchev–Trinajstić information content (AvgIpc) is 2.92. The van der Waals surface area contributed by atoms with E-state index >= 15 is 0 Å². The van der Waals surface area contributed by atoms with Gasteiger partial charge in [-0.2, -0.15) is 0 Å². The molecule has 0 bridgehead atoms. The molecule has 0 saturated heterocycles. The number of rotatable bonds is 5. The van der Waals surface area contributed by atoms with Gasteiger partial charge >= 0.3 is 7.12 Å². The molecule has 0 fully saturated rings. The zero-order chi connectivity index (χ0) is 16.3. The molecule has 1 aromatic carbocycles. The van der Waals surface area contributed by atoms with Gasteiger partial charge in [-0.15, -0.1) is 10.2 Å². The van der Waals surface area contributed by atoms with Crippen LogP contribution in [0.3, 0.4) is 0 Å². The smallest absolute Gasteiger partial charge is 0.423 e. The molecule has 0 radical (unpaired) electrons. The van der Waals surface area contributed by atoms with E-state index in [1.807, 2.05) is 0 Å². The third-order valence-corrected chi connectivity index (χ3v) is 3.24. The second-order valence-electron chi connectivity index (χ2n) is 4.83. The van der Waals surface area contributed by atoms with E-state index < -0.39 is 13.0 Å². The second-order valence-corrected chi connectivity index (χ2v) is 4.83. The molecule has 9 heteroatoms. The number of carbonyl (C=O) groups is 2. The molecule has 1 unspecified atom stereocenters. The lowest BCUT2D eigenvalue weighted by Gasteiger charge is -2.13. The van der Waals surface area contributed by atoms with Crippen LogP contribution >= 0.6 is 0 Å². The molecule has 0 aliphatic carbocycles. The van der Waals surface area contributed by atoms with E-state index in [1.54, 1.807) is 18.5 Å². The summed E-state index contributed by atoms with van der Waals surface area (Å²) in [6.07, 6.45) is 2.00. The van der Waals surface area contributed by atoms with Crippen molar-refractivity contribution in [3.05, 3.63) is 41.5 Å². The molecule has 22 heavy (non-hydrogen) atoms. The maximum Gasteiger partial charge on any atom is 0.489 e. The molecule has 1 aromatic heterocycles. The number of hydrogen-bond donors (Lipinski definition) is 3. The van der Waals surface area contributed by atoms with Crippen LogP contribution in [0.1, 0.15) is 39.5 Å². The fraction of sp³-hybridized carbons (Fsp3) is 0.231. The summed E-state index contributed by atoms with van der Waals surface area (Å²) in [5, 5.41) is 28.7. The number of amides is 1. The van der Waals surface area contributed by atoms with Crippen molar-refractivity contribution in [2.45, 2.75) is 13.0 Å². The van der Waals surface area contributed by atoms with Crippen LogP contribution in [0.15, 0.2) is 24.5 Å². The Bertz CT molecular complexity index is 701. The molecular weight excluding hydrogens is 287 g/mol. The third kappa shape index (κ3) is 3.21. The largest absolute Gasteiger partial charge is 0.489 e. The van der Waals surface area contributed by atoms with Crippen molar-refractivity contribution in [1.29, 1.82) is 0 Å². The lowest BCUT2D eigenvalue weighted by molar-refractivity contribution is 0.0937. The molecule has 8 nitrogen and oxygen atoms in total. The highest BCUT2D eigenvalue weighted by Crippen LogP contribution is 2.09. The van der Waals surface area contributed by atoms with Crippen molar-refractivity contribution >= 4 is 24.8 Å². The molecule has 2 rings (SSSR count). The molecule has 0 spiro atoms. The number of aldehydes is 1. The van der Waals surface area contributed by atoms with Gasteiger partial charge in [-0.25, -0.2) is 0 Å². The Morgan fingerprint density at radius 3 is 2.73 bits per heavy atom.